The Bertz CT molecular complexity index is 811. The number of hydrogen-bond donors (Lipinski definition) is 5. The first-order chi connectivity index (χ1) is 15.2. The summed E-state index contributed by atoms with van der Waals surface area (Å²) in [5, 5.41) is 19.9. The molecule has 1 aliphatic rings. The fraction of sp³-hybridized carbons (Fsp3) is 0.545. The highest BCUT2D eigenvalue weighted by Gasteiger charge is 2.50. The van der Waals surface area contributed by atoms with Crippen LogP contribution < -0.4 is 21.3 Å². The van der Waals surface area contributed by atoms with Crippen molar-refractivity contribution in [3.05, 3.63) is 29.8 Å². The highest BCUT2D eigenvalue weighted by molar-refractivity contribution is 5.97. The quantitative estimate of drug-likeness (QED) is 0.217. The highest BCUT2D eigenvalue weighted by atomic mass is 16.6. The summed E-state index contributed by atoms with van der Waals surface area (Å²) in [6.07, 6.45) is -0.804. The van der Waals surface area contributed by atoms with Gasteiger partial charge in [-0.3, -0.25) is 19.2 Å². The van der Waals surface area contributed by atoms with Gasteiger partial charge in [-0.15, -0.1) is 0 Å². The summed E-state index contributed by atoms with van der Waals surface area (Å²) < 4.78 is 5.23. The van der Waals surface area contributed by atoms with Gasteiger partial charge < -0.3 is 31.1 Å². The van der Waals surface area contributed by atoms with Crippen molar-refractivity contribution in [2.45, 2.75) is 51.9 Å². The second-order valence-electron chi connectivity index (χ2n) is 8.15. The molecule has 1 fully saturated rings. The number of amides is 4. The van der Waals surface area contributed by atoms with Crippen molar-refractivity contribution in [3.8, 4) is 5.75 Å². The van der Waals surface area contributed by atoms with Crippen LogP contribution in [0.15, 0.2) is 24.3 Å². The van der Waals surface area contributed by atoms with Gasteiger partial charge in [-0.1, -0.05) is 26.0 Å². The molecule has 0 radical (unpaired) electrons. The second kappa shape index (κ2) is 12.0. The lowest BCUT2D eigenvalue weighted by Crippen LogP contribution is -2.50. The van der Waals surface area contributed by atoms with Crippen LogP contribution in [0.25, 0.3) is 0 Å². The van der Waals surface area contributed by atoms with Gasteiger partial charge in [0, 0.05) is 26.6 Å². The van der Waals surface area contributed by atoms with Gasteiger partial charge in [0.15, 0.2) is 12.2 Å². The second-order valence-corrected chi connectivity index (χ2v) is 8.15. The number of nitrogens with one attached hydrogen (secondary N) is 4. The molecule has 1 aliphatic heterocycles. The number of hydrogen-bond acceptors (Lipinski definition) is 6. The van der Waals surface area contributed by atoms with Crippen molar-refractivity contribution >= 4 is 23.6 Å². The van der Waals surface area contributed by atoms with Gasteiger partial charge in [-0.05, 0) is 36.5 Å². The lowest BCUT2D eigenvalue weighted by atomic mass is 10.0. The van der Waals surface area contributed by atoms with Crippen molar-refractivity contribution in [2.24, 2.45) is 5.92 Å². The third-order valence-electron chi connectivity index (χ3n) is 4.80. The van der Waals surface area contributed by atoms with Gasteiger partial charge in [-0.25, -0.2) is 0 Å². The minimum Gasteiger partial charge on any atom is -0.508 e. The summed E-state index contributed by atoms with van der Waals surface area (Å²) >= 11 is 0. The number of phenolic OH excluding ortho intramolecular Hbond substituents is 1. The smallest absolute Gasteiger partial charge is 0.253 e. The first-order valence-electron chi connectivity index (χ1n) is 10.7. The molecular formula is C22H32N4O6. The Kier molecular flexibility index (Phi) is 9.45. The zero-order valence-electron chi connectivity index (χ0n) is 18.6. The molecule has 1 aromatic rings. The number of ether oxygens (including phenoxy) is 1. The Labute approximate surface area is 187 Å². The lowest BCUT2D eigenvalue weighted by Gasteiger charge is -2.20. The molecule has 3 atom stereocenters. The maximum absolute atomic E-state index is 12.5. The lowest BCUT2D eigenvalue weighted by molar-refractivity contribution is -0.130. The van der Waals surface area contributed by atoms with Gasteiger partial charge in [0.05, 0.1) is 0 Å². The summed E-state index contributed by atoms with van der Waals surface area (Å²) in [5.41, 5.74) is 0.954. The Morgan fingerprint density at radius 3 is 2.19 bits per heavy atom. The van der Waals surface area contributed by atoms with Crippen molar-refractivity contribution < 1.29 is 29.0 Å². The van der Waals surface area contributed by atoms with E-state index < -0.39 is 24.2 Å². The van der Waals surface area contributed by atoms with Gasteiger partial charge >= 0.3 is 0 Å². The third kappa shape index (κ3) is 8.54. The first-order valence-corrected chi connectivity index (χ1v) is 10.7. The Hall–Kier alpha value is -3.14. The largest absolute Gasteiger partial charge is 0.508 e. The molecule has 1 unspecified atom stereocenters. The normalized spacial score (nSPS) is 17.9. The number of epoxide rings is 1. The van der Waals surface area contributed by atoms with Crippen molar-refractivity contribution in [3.63, 3.8) is 0 Å². The van der Waals surface area contributed by atoms with Crippen LogP contribution in [0.5, 0.6) is 5.75 Å². The predicted molar refractivity (Wildman–Crippen MR) is 117 cm³/mol. The summed E-state index contributed by atoms with van der Waals surface area (Å²) in [7, 11) is 0. The molecule has 10 heteroatoms. The van der Waals surface area contributed by atoms with E-state index in [0.29, 0.717) is 25.9 Å². The Balaban J connectivity index is 1.76. The van der Waals surface area contributed by atoms with Crippen molar-refractivity contribution in [1.29, 1.82) is 0 Å². The maximum Gasteiger partial charge on any atom is 0.253 e. The van der Waals surface area contributed by atoms with E-state index in [-0.39, 0.29) is 35.9 Å². The van der Waals surface area contributed by atoms with Crippen molar-refractivity contribution in [1.82, 2.24) is 21.3 Å². The molecule has 32 heavy (non-hydrogen) atoms. The Morgan fingerprint density at radius 1 is 0.938 bits per heavy atom. The molecule has 4 amide bonds. The molecule has 0 bridgehead atoms. The van der Waals surface area contributed by atoms with Crippen LogP contribution in [-0.2, 0) is 30.3 Å². The van der Waals surface area contributed by atoms with Gasteiger partial charge in [0.25, 0.3) is 11.8 Å². The minimum atomic E-state index is -0.925. The topological polar surface area (TPSA) is 149 Å². The molecule has 2 rings (SSSR count). The van der Waals surface area contributed by atoms with Crippen LogP contribution in [-0.4, -0.2) is 66.6 Å². The molecule has 1 aromatic carbocycles. The zero-order valence-corrected chi connectivity index (χ0v) is 18.6. The van der Waals surface area contributed by atoms with E-state index in [1.165, 1.54) is 6.92 Å². The zero-order chi connectivity index (χ0) is 23.7. The molecule has 0 aromatic heterocycles. The first kappa shape index (κ1) is 25.1. The summed E-state index contributed by atoms with van der Waals surface area (Å²) in [6, 6.07) is 5.92. The molecule has 0 saturated carbocycles. The molecular weight excluding hydrogens is 416 g/mol. The fourth-order valence-corrected chi connectivity index (χ4v) is 3.11. The minimum absolute atomic E-state index is 0.153. The average molecular weight is 449 g/mol. The van der Waals surface area contributed by atoms with Gasteiger partial charge in [0.2, 0.25) is 11.8 Å². The molecule has 1 heterocycles. The summed E-state index contributed by atoms with van der Waals surface area (Å²) in [4.78, 5) is 48.0. The van der Waals surface area contributed by atoms with E-state index in [9.17, 15) is 24.3 Å². The highest BCUT2D eigenvalue weighted by Crippen LogP contribution is 2.23. The van der Waals surface area contributed by atoms with Gasteiger partial charge in [-0.2, -0.15) is 0 Å². The van der Waals surface area contributed by atoms with E-state index in [0.717, 1.165) is 5.56 Å². The Morgan fingerprint density at radius 2 is 1.56 bits per heavy atom. The van der Waals surface area contributed by atoms with E-state index in [1.54, 1.807) is 24.3 Å². The van der Waals surface area contributed by atoms with Gasteiger partial charge in [0.1, 0.15) is 11.8 Å². The monoisotopic (exact) mass is 448 g/mol. The number of carbonyl (C=O) groups is 4. The molecule has 1 saturated heterocycles. The maximum atomic E-state index is 12.5. The van der Waals surface area contributed by atoms with E-state index >= 15 is 0 Å². The van der Waals surface area contributed by atoms with Crippen molar-refractivity contribution in [2.75, 3.05) is 19.6 Å². The molecule has 5 N–H and O–H groups in total. The number of aromatic hydroxyl groups is 1. The summed E-state index contributed by atoms with van der Waals surface area (Å²) in [5.74, 6) is -1.11. The predicted octanol–water partition coefficient (Wildman–Crippen LogP) is -0.398. The SMILES string of the molecule is CC(=O)NCCNC(=O)[C@H](CC(C)C)NC(=O)C1O[C@@H]1C(=O)NCCc1ccc(O)cc1. The van der Waals surface area contributed by atoms with Crippen LogP contribution in [0, 0.1) is 5.92 Å². The van der Waals surface area contributed by atoms with Crippen LogP contribution >= 0.6 is 0 Å². The number of benzene rings is 1. The standard InChI is InChI=1S/C22H32N4O6/c1-13(2)12-17(20(29)25-11-10-23-14(3)27)26-22(31)19-18(32-19)21(30)24-9-8-15-4-6-16(28)7-5-15/h4-7,13,17-19,28H,8-12H2,1-3H3,(H,23,27)(H,24,30)(H,25,29)(H,26,31)/t17-,18-,19?/m0/s1. The van der Waals surface area contributed by atoms with Crippen LogP contribution in [0.2, 0.25) is 0 Å². The van der Waals surface area contributed by atoms with Crippen LogP contribution in [0.3, 0.4) is 0 Å². The molecule has 0 aliphatic carbocycles. The van der Waals surface area contributed by atoms with Crippen LogP contribution in [0.4, 0.5) is 0 Å². The average Bonchev–Trinajstić information content (AvgIpc) is 3.52. The third-order valence-corrected chi connectivity index (χ3v) is 4.80. The molecule has 10 nitrogen and oxygen atoms in total. The van der Waals surface area contributed by atoms with E-state index in [2.05, 4.69) is 21.3 Å². The number of phenols is 1. The molecule has 0 spiro atoms. The summed E-state index contributed by atoms with van der Waals surface area (Å²) in [6.45, 7) is 6.16. The number of carbonyl (C=O) groups excluding carboxylic acids is 4. The molecule has 176 valence electrons. The fourth-order valence-electron chi connectivity index (χ4n) is 3.11. The van der Waals surface area contributed by atoms with E-state index in [1.807, 2.05) is 13.8 Å². The number of rotatable bonds is 12. The van der Waals surface area contributed by atoms with Crippen LogP contribution in [0.1, 0.15) is 32.8 Å². The van der Waals surface area contributed by atoms with E-state index in [4.69, 9.17) is 4.74 Å².